The van der Waals surface area contributed by atoms with E-state index in [1.54, 1.807) is 17.5 Å². The topological polar surface area (TPSA) is 54.5 Å². The molecule has 1 saturated heterocycles. The largest absolute Gasteiger partial charge is 0.378 e. The Kier molecular flexibility index (Phi) is 5.60. The maximum atomic E-state index is 11.9. The molecule has 0 spiro atoms. The molecule has 1 amide bonds. The number of hydrogen-bond acceptors (Lipinski definition) is 5. The van der Waals surface area contributed by atoms with Crippen LogP contribution in [0.1, 0.15) is 17.5 Å². The van der Waals surface area contributed by atoms with Crippen molar-refractivity contribution in [1.29, 1.82) is 0 Å². The van der Waals surface area contributed by atoms with Crippen molar-refractivity contribution in [3.05, 3.63) is 46.3 Å². The van der Waals surface area contributed by atoms with E-state index >= 15 is 0 Å². The summed E-state index contributed by atoms with van der Waals surface area (Å²) in [6, 6.07) is 6.06. The first kappa shape index (κ1) is 16.0. The summed E-state index contributed by atoms with van der Waals surface area (Å²) in [5.74, 6) is 1.04. The lowest BCUT2D eigenvalue weighted by Gasteiger charge is -2.28. The van der Waals surface area contributed by atoms with Crippen molar-refractivity contribution in [2.24, 2.45) is 0 Å². The average molecular weight is 331 g/mol. The normalized spacial score (nSPS) is 14.7. The highest BCUT2D eigenvalue weighted by Crippen LogP contribution is 2.14. The minimum absolute atomic E-state index is 0.0842. The van der Waals surface area contributed by atoms with Crippen molar-refractivity contribution in [1.82, 2.24) is 10.3 Å². The second kappa shape index (κ2) is 8.08. The molecule has 1 aliphatic heterocycles. The molecule has 6 heteroatoms. The fourth-order valence-corrected chi connectivity index (χ4v) is 3.22. The Balaban J connectivity index is 1.48. The van der Waals surface area contributed by atoms with E-state index in [0.29, 0.717) is 13.0 Å². The van der Waals surface area contributed by atoms with Gasteiger partial charge in [0, 0.05) is 32.3 Å². The number of ether oxygens (including phenoxy) is 1. The molecule has 0 aliphatic carbocycles. The Morgan fingerprint density at radius 2 is 2.17 bits per heavy atom. The molecule has 3 heterocycles. The van der Waals surface area contributed by atoms with Crippen molar-refractivity contribution in [3.8, 4) is 0 Å². The van der Waals surface area contributed by atoms with Gasteiger partial charge in [0.25, 0.3) is 0 Å². The van der Waals surface area contributed by atoms with Gasteiger partial charge in [0.15, 0.2) is 0 Å². The van der Waals surface area contributed by atoms with Crippen LogP contribution >= 0.6 is 11.3 Å². The number of morpholine rings is 1. The van der Waals surface area contributed by atoms with E-state index in [4.69, 9.17) is 4.74 Å². The molecule has 1 fully saturated rings. The third-order valence-electron chi connectivity index (χ3n) is 3.86. The van der Waals surface area contributed by atoms with Crippen LogP contribution in [0.25, 0.3) is 0 Å². The number of nitrogens with one attached hydrogen (secondary N) is 1. The Labute approximate surface area is 140 Å². The molecule has 3 rings (SSSR count). The van der Waals surface area contributed by atoms with Crippen LogP contribution < -0.4 is 10.2 Å². The summed E-state index contributed by atoms with van der Waals surface area (Å²) in [5, 5.41) is 7.11. The van der Waals surface area contributed by atoms with Gasteiger partial charge in [-0.15, -0.1) is 0 Å². The minimum Gasteiger partial charge on any atom is -0.378 e. The number of nitrogens with zero attached hydrogens (tertiary/aromatic N) is 2. The van der Waals surface area contributed by atoms with E-state index in [0.717, 1.165) is 44.1 Å². The van der Waals surface area contributed by atoms with Crippen LogP contribution in [-0.2, 0) is 22.5 Å². The van der Waals surface area contributed by atoms with Gasteiger partial charge in [-0.1, -0.05) is 0 Å². The summed E-state index contributed by atoms with van der Waals surface area (Å²) < 4.78 is 5.36. The second-order valence-electron chi connectivity index (χ2n) is 5.53. The van der Waals surface area contributed by atoms with E-state index in [-0.39, 0.29) is 5.91 Å². The number of aromatic nitrogens is 1. The first-order chi connectivity index (χ1) is 11.3. The SMILES string of the molecule is O=C(CCc1ccsc1)NCc1ccnc(N2CCOCC2)c1. The zero-order valence-corrected chi connectivity index (χ0v) is 13.8. The average Bonchev–Trinajstić information content (AvgIpc) is 3.13. The van der Waals surface area contributed by atoms with Crippen molar-refractivity contribution in [2.75, 3.05) is 31.2 Å². The standard InChI is InChI=1S/C17H21N3O2S/c21-17(2-1-14-4-10-23-13-14)19-12-15-3-5-18-16(11-15)20-6-8-22-9-7-20/h3-5,10-11,13H,1-2,6-9,12H2,(H,19,21). The lowest BCUT2D eigenvalue weighted by molar-refractivity contribution is -0.121. The summed E-state index contributed by atoms with van der Waals surface area (Å²) >= 11 is 1.66. The summed E-state index contributed by atoms with van der Waals surface area (Å²) in [6.07, 6.45) is 3.13. The van der Waals surface area contributed by atoms with Gasteiger partial charge in [0.05, 0.1) is 13.2 Å². The summed E-state index contributed by atoms with van der Waals surface area (Å²) in [5.41, 5.74) is 2.30. The molecule has 2 aromatic heterocycles. The number of pyridine rings is 1. The maximum Gasteiger partial charge on any atom is 0.220 e. The first-order valence-electron chi connectivity index (χ1n) is 7.87. The molecule has 5 nitrogen and oxygen atoms in total. The van der Waals surface area contributed by atoms with Crippen LogP contribution in [-0.4, -0.2) is 37.2 Å². The Bertz CT molecular complexity index is 625. The smallest absolute Gasteiger partial charge is 0.220 e. The van der Waals surface area contributed by atoms with E-state index in [9.17, 15) is 4.79 Å². The van der Waals surface area contributed by atoms with Crippen LogP contribution in [0.2, 0.25) is 0 Å². The Morgan fingerprint density at radius 1 is 1.30 bits per heavy atom. The van der Waals surface area contributed by atoms with E-state index < -0.39 is 0 Å². The van der Waals surface area contributed by atoms with E-state index in [2.05, 4.69) is 26.6 Å². The van der Waals surface area contributed by atoms with Crippen molar-refractivity contribution < 1.29 is 9.53 Å². The van der Waals surface area contributed by atoms with Gasteiger partial charge in [0.1, 0.15) is 5.82 Å². The lowest BCUT2D eigenvalue weighted by Crippen LogP contribution is -2.36. The third-order valence-corrected chi connectivity index (χ3v) is 4.59. The summed E-state index contributed by atoms with van der Waals surface area (Å²) in [7, 11) is 0. The number of hydrogen-bond donors (Lipinski definition) is 1. The fourth-order valence-electron chi connectivity index (χ4n) is 2.52. The van der Waals surface area contributed by atoms with Gasteiger partial charge in [-0.05, 0) is 46.5 Å². The number of aryl methyl sites for hydroxylation is 1. The van der Waals surface area contributed by atoms with Gasteiger partial charge in [-0.2, -0.15) is 11.3 Å². The molecule has 2 aromatic rings. The van der Waals surface area contributed by atoms with E-state index in [1.807, 2.05) is 17.5 Å². The maximum absolute atomic E-state index is 11.9. The molecule has 0 unspecified atom stereocenters. The number of thiophene rings is 1. The molecule has 0 saturated carbocycles. The first-order valence-corrected chi connectivity index (χ1v) is 8.81. The van der Waals surface area contributed by atoms with Crippen molar-refractivity contribution >= 4 is 23.1 Å². The van der Waals surface area contributed by atoms with Crippen molar-refractivity contribution in [2.45, 2.75) is 19.4 Å². The lowest BCUT2D eigenvalue weighted by atomic mass is 10.2. The quantitative estimate of drug-likeness (QED) is 0.882. The number of anilines is 1. The highest BCUT2D eigenvalue weighted by atomic mass is 32.1. The molecular formula is C17H21N3O2S. The number of rotatable bonds is 6. The zero-order chi connectivity index (χ0) is 15.9. The predicted molar refractivity (Wildman–Crippen MR) is 91.8 cm³/mol. The predicted octanol–water partition coefficient (Wildman–Crippen LogP) is 2.23. The van der Waals surface area contributed by atoms with Gasteiger partial charge < -0.3 is 15.0 Å². The molecule has 0 bridgehead atoms. The summed E-state index contributed by atoms with van der Waals surface area (Å²) in [4.78, 5) is 18.6. The molecule has 122 valence electrons. The minimum atomic E-state index is 0.0842. The molecule has 0 radical (unpaired) electrons. The molecule has 0 aromatic carbocycles. The fraction of sp³-hybridized carbons (Fsp3) is 0.412. The molecule has 0 atom stereocenters. The van der Waals surface area contributed by atoms with Crippen molar-refractivity contribution in [3.63, 3.8) is 0 Å². The monoisotopic (exact) mass is 331 g/mol. The molecule has 23 heavy (non-hydrogen) atoms. The molecular weight excluding hydrogens is 310 g/mol. The van der Waals surface area contributed by atoms with Gasteiger partial charge >= 0.3 is 0 Å². The van der Waals surface area contributed by atoms with Gasteiger partial charge in [0.2, 0.25) is 5.91 Å². The van der Waals surface area contributed by atoms with Crippen LogP contribution in [0, 0.1) is 0 Å². The zero-order valence-electron chi connectivity index (χ0n) is 13.0. The summed E-state index contributed by atoms with van der Waals surface area (Å²) in [6.45, 7) is 3.76. The Morgan fingerprint density at radius 3 is 2.96 bits per heavy atom. The molecule has 1 N–H and O–H groups in total. The molecule has 1 aliphatic rings. The highest BCUT2D eigenvalue weighted by molar-refractivity contribution is 7.07. The highest BCUT2D eigenvalue weighted by Gasteiger charge is 2.12. The number of amides is 1. The second-order valence-corrected chi connectivity index (χ2v) is 6.31. The van der Waals surface area contributed by atoms with Gasteiger partial charge in [-0.3, -0.25) is 4.79 Å². The van der Waals surface area contributed by atoms with Gasteiger partial charge in [-0.25, -0.2) is 4.98 Å². The Hall–Kier alpha value is -1.92. The third kappa shape index (κ3) is 4.77. The van der Waals surface area contributed by atoms with Crippen LogP contribution in [0.5, 0.6) is 0 Å². The van der Waals surface area contributed by atoms with Crippen LogP contribution in [0.4, 0.5) is 5.82 Å². The number of carbonyl (C=O) groups excluding carboxylic acids is 1. The van der Waals surface area contributed by atoms with Crippen LogP contribution in [0.3, 0.4) is 0 Å². The van der Waals surface area contributed by atoms with Crippen LogP contribution in [0.15, 0.2) is 35.2 Å². The number of carbonyl (C=O) groups is 1. The van der Waals surface area contributed by atoms with E-state index in [1.165, 1.54) is 5.56 Å².